The SMILES string of the molecule is C[C@@H](NC1CCc2ccccc21)c1cccc(F)c1. The molecule has 0 radical (unpaired) electrons. The van der Waals surface area contributed by atoms with Crippen LogP contribution >= 0.6 is 0 Å². The van der Waals surface area contributed by atoms with Gasteiger partial charge >= 0.3 is 0 Å². The molecule has 98 valence electrons. The average Bonchev–Trinajstić information content (AvgIpc) is 2.82. The van der Waals surface area contributed by atoms with Crippen LogP contribution in [0.3, 0.4) is 0 Å². The van der Waals surface area contributed by atoms with Gasteiger partial charge in [0, 0.05) is 12.1 Å². The molecule has 1 N–H and O–H groups in total. The zero-order valence-electron chi connectivity index (χ0n) is 11.1. The number of hydrogen-bond donors (Lipinski definition) is 1. The highest BCUT2D eigenvalue weighted by molar-refractivity contribution is 5.34. The number of rotatable bonds is 3. The fourth-order valence-electron chi connectivity index (χ4n) is 2.90. The molecule has 0 spiro atoms. The summed E-state index contributed by atoms with van der Waals surface area (Å²) in [6, 6.07) is 16.0. The minimum absolute atomic E-state index is 0.159. The van der Waals surface area contributed by atoms with Crippen LogP contribution in [0.4, 0.5) is 4.39 Å². The minimum atomic E-state index is -0.169. The van der Waals surface area contributed by atoms with E-state index in [4.69, 9.17) is 0 Å². The number of aryl methyl sites for hydroxylation is 1. The van der Waals surface area contributed by atoms with E-state index < -0.39 is 0 Å². The molecule has 1 unspecified atom stereocenters. The largest absolute Gasteiger partial charge is 0.303 e. The average molecular weight is 255 g/mol. The third kappa shape index (κ3) is 2.54. The van der Waals surface area contributed by atoms with Crippen molar-refractivity contribution in [3.8, 4) is 0 Å². The Labute approximate surface area is 113 Å². The molecular weight excluding hydrogens is 237 g/mol. The maximum absolute atomic E-state index is 13.3. The van der Waals surface area contributed by atoms with Crippen molar-refractivity contribution in [1.29, 1.82) is 0 Å². The fourth-order valence-corrected chi connectivity index (χ4v) is 2.90. The first-order valence-corrected chi connectivity index (χ1v) is 6.83. The Morgan fingerprint density at radius 2 is 2.00 bits per heavy atom. The summed E-state index contributed by atoms with van der Waals surface area (Å²) in [7, 11) is 0. The van der Waals surface area contributed by atoms with E-state index in [1.165, 1.54) is 17.2 Å². The lowest BCUT2D eigenvalue weighted by Crippen LogP contribution is -2.23. The van der Waals surface area contributed by atoms with Crippen molar-refractivity contribution >= 4 is 0 Å². The van der Waals surface area contributed by atoms with Crippen LogP contribution in [-0.4, -0.2) is 0 Å². The van der Waals surface area contributed by atoms with Crippen LogP contribution in [0.1, 0.15) is 42.1 Å². The predicted molar refractivity (Wildman–Crippen MR) is 75.5 cm³/mol. The summed E-state index contributed by atoms with van der Waals surface area (Å²) in [4.78, 5) is 0. The summed E-state index contributed by atoms with van der Waals surface area (Å²) in [6.45, 7) is 2.09. The van der Waals surface area contributed by atoms with Gasteiger partial charge in [-0.1, -0.05) is 36.4 Å². The second-order valence-electron chi connectivity index (χ2n) is 5.23. The van der Waals surface area contributed by atoms with Gasteiger partial charge in [-0.25, -0.2) is 4.39 Å². The van der Waals surface area contributed by atoms with Crippen molar-refractivity contribution in [2.45, 2.75) is 31.8 Å². The predicted octanol–water partition coefficient (Wildman–Crippen LogP) is 4.16. The van der Waals surface area contributed by atoms with Gasteiger partial charge in [0.25, 0.3) is 0 Å². The second-order valence-corrected chi connectivity index (χ2v) is 5.23. The summed E-state index contributed by atoms with van der Waals surface area (Å²) < 4.78 is 13.3. The van der Waals surface area contributed by atoms with Gasteiger partial charge in [0.05, 0.1) is 0 Å². The minimum Gasteiger partial charge on any atom is -0.303 e. The molecule has 2 atom stereocenters. The molecule has 0 amide bonds. The number of benzene rings is 2. The van der Waals surface area contributed by atoms with Gasteiger partial charge in [-0.15, -0.1) is 0 Å². The molecule has 0 bridgehead atoms. The Balaban J connectivity index is 1.76. The van der Waals surface area contributed by atoms with Crippen molar-refractivity contribution in [2.75, 3.05) is 0 Å². The van der Waals surface area contributed by atoms with Gasteiger partial charge in [-0.3, -0.25) is 0 Å². The maximum Gasteiger partial charge on any atom is 0.123 e. The molecule has 3 rings (SSSR count). The van der Waals surface area contributed by atoms with E-state index in [1.807, 2.05) is 6.07 Å². The van der Waals surface area contributed by atoms with Gasteiger partial charge in [-0.05, 0) is 48.6 Å². The highest BCUT2D eigenvalue weighted by atomic mass is 19.1. The van der Waals surface area contributed by atoms with Gasteiger partial charge in [0.15, 0.2) is 0 Å². The van der Waals surface area contributed by atoms with Gasteiger partial charge in [0.1, 0.15) is 5.82 Å². The van der Waals surface area contributed by atoms with Crippen LogP contribution in [0.25, 0.3) is 0 Å². The van der Waals surface area contributed by atoms with E-state index in [0.29, 0.717) is 6.04 Å². The Kier molecular flexibility index (Phi) is 3.34. The van der Waals surface area contributed by atoms with E-state index in [1.54, 1.807) is 12.1 Å². The molecule has 0 saturated carbocycles. The normalized spacial score (nSPS) is 19.2. The van der Waals surface area contributed by atoms with Gasteiger partial charge < -0.3 is 5.32 Å². The number of nitrogens with one attached hydrogen (secondary N) is 1. The summed E-state index contributed by atoms with van der Waals surface area (Å²) in [5, 5.41) is 3.61. The smallest absolute Gasteiger partial charge is 0.123 e. The lowest BCUT2D eigenvalue weighted by atomic mass is 10.0. The lowest BCUT2D eigenvalue weighted by Gasteiger charge is -2.20. The first kappa shape index (κ1) is 12.4. The van der Waals surface area contributed by atoms with Crippen LogP contribution in [0, 0.1) is 5.82 Å². The molecule has 1 aliphatic rings. The molecule has 0 aromatic heterocycles. The summed E-state index contributed by atoms with van der Waals surface area (Å²) in [5.41, 5.74) is 3.83. The van der Waals surface area contributed by atoms with Crippen molar-refractivity contribution in [2.24, 2.45) is 0 Å². The molecule has 0 saturated heterocycles. The lowest BCUT2D eigenvalue weighted by molar-refractivity contribution is 0.463. The Bertz CT molecular complexity index is 579. The van der Waals surface area contributed by atoms with E-state index >= 15 is 0 Å². The van der Waals surface area contributed by atoms with Crippen LogP contribution in [0.5, 0.6) is 0 Å². The first-order chi connectivity index (χ1) is 9.24. The third-order valence-electron chi connectivity index (χ3n) is 3.93. The standard InChI is InChI=1S/C17H18FN/c1-12(14-6-4-7-15(18)11-14)19-17-10-9-13-5-2-3-8-16(13)17/h2-8,11-12,17,19H,9-10H2,1H3/t12-,17?/m1/s1. The summed E-state index contributed by atoms with van der Waals surface area (Å²) in [5.74, 6) is -0.169. The fraction of sp³-hybridized carbons (Fsp3) is 0.294. The maximum atomic E-state index is 13.3. The monoisotopic (exact) mass is 255 g/mol. The molecule has 2 heteroatoms. The van der Waals surface area contributed by atoms with Crippen LogP contribution in [0.2, 0.25) is 0 Å². The quantitative estimate of drug-likeness (QED) is 0.868. The molecular formula is C17H18FN. The van der Waals surface area contributed by atoms with Crippen LogP contribution in [-0.2, 0) is 6.42 Å². The topological polar surface area (TPSA) is 12.0 Å². The molecule has 2 aromatic rings. The summed E-state index contributed by atoms with van der Waals surface area (Å²) in [6.07, 6.45) is 2.25. The number of fused-ring (bicyclic) bond motifs is 1. The van der Waals surface area contributed by atoms with Crippen LogP contribution < -0.4 is 5.32 Å². The van der Waals surface area contributed by atoms with Crippen molar-refractivity contribution in [1.82, 2.24) is 5.32 Å². The van der Waals surface area contributed by atoms with Crippen LogP contribution in [0.15, 0.2) is 48.5 Å². The molecule has 0 aliphatic heterocycles. The van der Waals surface area contributed by atoms with Crippen molar-refractivity contribution < 1.29 is 4.39 Å². The molecule has 0 fully saturated rings. The van der Waals surface area contributed by atoms with Gasteiger partial charge in [0.2, 0.25) is 0 Å². The highest BCUT2D eigenvalue weighted by Crippen LogP contribution is 2.32. The van der Waals surface area contributed by atoms with Crippen molar-refractivity contribution in [3.63, 3.8) is 0 Å². The van der Waals surface area contributed by atoms with E-state index in [2.05, 4.69) is 36.5 Å². The third-order valence-corrected chi connectivity index (χ3v) is 3.93. The van der Waals surface area contributed by atoms with Gasteiger partial charge in [-0.2, -0.15) is 0 Å². The molecule has 1 nitrogen and oxygen atoms in total. The summed E-state index contributed by atoms with van der Waals surface area (Å²) >= 11 is 0. The first-order valence-electron chi connectivity index (χ1n) is 6.83. The van der Waals surface area contributed by atoms with E-state index in [9.17, 15) is 4.39 Å². The highest BCUT2D eigenvalue weighted by Gasteiger charge is 2.23. The van der Waals surface area contributed by atoms with E-state index in [-0.39, 0.29) is 11.9 Å². The van der Waals surface area contributed by atoms with Crippen molar-refractivity contribution in [3.05, 3.63) is 71.0 Å². The number of halogens is 1. The second kappa shape index (κ2) is 5.14. The molecule has 19 heavy (non-hydrogen) atoms. The Morgan fingerprint density at radius 3 is 2.84 bits per heavy atom. The molecule has 1 aliphatic carbocycles. The zero-order chi connectivity index (χ0) is 13.2. The number of hydrogen-bond acceptors (Lipinski definition) is 1. The Morgan fingerprint density at radius 1 is 1.16 bits per heavy atom. The zero-order valence-corrected chi connectivity index (χ0v) is 11.1. The molecule has 2 aromatic carbocycles. The molecule has 0 heterocycles. The Hall–Kier alpha value is -1.67. The van der Waals surface area contributed by atoms with E-state index in [0.717, 1.165) is 18.4 Å².